The lowest BCUT2D eigenvalue weighted by atomic mass is 10.0. The maximum Gasteiger partial charge on any atom is 0.250 e. The molecule has 0 aliphatic carbocycles. The second kappa shape index (κ2) is 8.90. The van der Waals surface area contributed by atoms with Crippen LogP contribution in [0.3, 0.4) is 0 Å². The fourth-order valence-corrected chi connectivity index (χ4v) is 3.80. The first-order chi connectivity index (χ1) is 12.5. The van der Waals surface area contributed by atoms with Gasteiger partial charge in [0.15, 0.2) is 5.75 Å². The molecule has 2 aromatic carbocycles. The zero-order valence-electron chi connectivity index (χ0n) is 15.6. The lowest BCUT2D eigenvalue weighted by molar-refractivity contribution is -0.113. The summed E-state index contributed by atoms with van der Waals surface area (Å²) in [5.74, 6) is 1.18. The highest BCUT2D eigenvalue weighted by Crippen LogP contribution is 2.47. The molecule has 0 N–H and O–H groups in total. The fraction of sp³-hybridized carbons (Fsp3) is 0.286. The Labute approximate surface area is 163 Å². The number of hydrogen-bond donors (Lipinski definition) is 0. The molecule has 2 aromatic rings. The van der Waals surface area contributed by atoms with Crippen LogP contribution in [0.15, 0.2) is 47.5 Å². The molecule has 0 heterocycles. The second-order valence-electron chi connectivity index (χ2n) is 5.86. The Hall–Kier alpha value is -2.27. The first kappa shape index (κ1) is 20.0. The Balaban J connectivity index is 2.60. The Morgan fingerprint density at radius 3 is 2.46 bits per heavy atom. The highest BCUT2D eigenvalue weighted by atomic mass is 79.9. The molecule has 5 heteroatoms. The molecule has 0 saturated heterocycles. The van der Waals surface area contributed by atoms with Gasteiger partial charge in [0.2, 0.25) is 5.91 Å². The van der Waals surface area contributed by atoms with Crippen LogP contribution < -0.4 is 14.4 Å². The van der Waals surface area contributed by atoms with Crippen LogP contribution in [-0.2, 0) is 17.8 Å². The summed E-state index contributed by atoms with van der Waals surface area (Å²) >= 11 is 3.65. The topological polar surface area (TPSA) is 38.8 Å². The lowest BCUT2D eigenvalue weighted by Crippen LogP contribution is -2.25. The summed E-state index contributed by atoms with van der Waals surface area (Å²) in [6.07, 6.45) is 2.05. The van der Waals surface area contributed by atoms with E-state index in [-0.39, 0.29) is 5.91 Å². The molecule has 0 saturated carbocycles. The van der Waals surface area contributed by atoms with Crippen molar-refractivity contribution in [3.05, 3.63) is 64.1 Å². The molecule has 0 spiro atoms. The van der Waals surface area contributed by atoms with E-state index in [2.05, 4.69) is 22.5 Å². The molecular weight excluding hydrogens is 394 g/mol. The molecule has 0 aliphatic rings. The molecule has 0 radical (unpaired) electrons. The van der Waals surface area contributed by atoms with E-state index in [4.69, 9.17) is 9.47 Å². The smallest absolute Gasteiger partial charge is 0.250 e. The molecule has 0 fully saturated rings. The van der Waals surface area contributed by atoms with Gasteiger partial charge in [0.1, 0.15) is 18.0 Å². The monoisotopic (exact) mass is 417 g/mol. The van der Waals surface area contributed by atoms with Gasteiger partial charge in [0, 0.05) is 18.2 Å². The molecule has 26 heavy (non-hydrogen) atoms. The summed E-state index contributed by atoms with van der Waals surface area (Å²) < 4.78 is 12.6. The number of amides is 1. The van der Waals surface area contributed by atoms with Gasteiger partial charge < -0.3 is 14.4 Å². The second-order valence-corrected chi connectivity index (χ2v) is 6.65. The largest absolute Gasteiger partial charge is 0.496 e. The van der Waals surface area contributed by atoms with Crippen LogP contribution in [0.4, 0.5) is 5.69 Å². The van der Waals surface area contributed by atoms with Crippen molar-refractivity contribution in [2.45, 2.75) is 26.9 Å². The number of nitrogens with zero attached hydrogens (tertiary/aromatic N) is 1. The predicted molar refractivity (Wildman–Crippen MR) is 109 cm³/mol. The molecule has 0 unspecified atom stereocenters. The van der Waals surface area contributed by atoms with Crippen LogP contribution in [0, 0.1) is 6.92 Å². The normalized spacial score (nSPS) is 10.3. The van der Waals surface area contributed by atoms with Crippen molar-refractivity contribution in [1.29, 1.82) is 0 Å². The van der Waals surface area contributed by atoms with Crippen LogP contribution in [0.5, 0.6) is 11.5 Å². The number of carbonyl (C=O) groups is 1. The van der Waals surface area contributed by atoms with Crippen molar-refractivity contribution < 1.29 is 14.3 Å². The minimum absolute atomic E-state index is 0.207. The molecule has 4 nitrogen and oxygen atoms in total. The van der Waals surface area contributed by atoms with Crippen molar-refractivity contribution in [3.8, 4) is 11.5 Å². The number of likely N-dealkylation sites (N-methyl/N-ethyl adjacent to an activating group) is 1. The highest BCUT2D eigenvalue weighted by molar-refractivity contribution is 9.10. The third-order valence-electron chi connectivity index (χ3n) is 4.27. The van der Waals surface area contributed by atoms with E-state index < -0.39 is 0 Å². The zero-order valence-corrected chi connectivity index (χ0v) is 17.2. The van der Waals surface area contributed by atoms with Crippen molar-refractivity contribution in [3.63, 3.8) is 0 Å². The lowest BCUT2D eigenvalue weighted by Gasteiger charge is -2.26. The van der Waals surface area contributed by atoms with Crippen LogP contribution in [0.2, 0.25) is 0 Å². The fourth-order valence-electron chi connectivity index (χ4n) is 2.89. The van der Waals surface area contributed by atoms with E-state index in [1.807, 2.05) is 44.2 Å². The van der Waals surface area contributed by atoms with Crippen LogP contribution in [0.25, 0.3) is 0 Å². The third-order valence-corrected chi connectivity index (χ3v) is 5.12. The predicted octanol–water partition coefficient (Wildman–Crippen LogP) is 5.06. The van der Waals surface area contributed by atoms with Gasteiger partial charge in [-0.3, -0.25) is 4.79 Å². The summed E-state index contributed by atoms with van der Waals surface area (Å²) in [5, 5.41) is 0. The van der Waals surface area contributed by atoms with Gasteiger partial charge >= 0.3 is 0 Å². The van der Waals surface area contributed by atoms with Gasteiger partial charge in [0.05, 0.1) is 11.6 Å². The minimum atomic E-state index is -0.207. The zero-order chi connectivity index (χ0) is 19.3. The Morgan fingerprint density at radius 2 is 1.92 bits per heavy atom. The van der Waals surface area contributed by atoms with E-state index >= 15 is 0 Å². The number of methoxy groups -OCH3 is 1. The maximum absolute atomic E-state index is 12.3. The first-order valence-electron chi connectivity index (χ1n) is 8.41. The van der Waals surface area contributed by atoms with E-state index in [1.165, 1.54) is 6.08 Å². The van der Waals surface area contributed by atoms with Gasteiger partial charge in [-0.05, 0) is 40.9 Å². The number of anilines is 1. The average molecular weight is 418 g/mol. The molecule has 1 amide bonds. The van der Waals surface area contributed by atoms with Gasteiger partial charge in [-0.15, -0.1) is 0 Å². The van der Waals surface area contributed by atoms with E-state index in [9.17, 15) is 4.79 Å². The highest BCUT2D eigenvalue weighted by Gasteiger charge is 2.26. The van der Waals surface area contributed by atoms with Crippen LogP contribution in [0.1, 0.15) is 23.6 Å². The molecule has 138 valence electrons. The number of carbonyl (C=O) groups excluding carboxylic acids is 1. The molecule has 0 aliphatic heterocycles. The quantitative estimate of drug-likeness (QED) is 0.591. The molecule has 0 atom stereocenters. The van der Waals surface area contributed by atoms with Crippen molar-refractivity contribution >= 4 is 27.5 Å². The Kier molecular flexibility index (Phi) is 6.86. The number of benzene rings is 2. The van der Waals surface area contributed by atoms with Crippen LogP contribution in [-0.4, -0.2) is 20.1 Å². The molecule has 0 bridgehead atoms. The van der Waals surface area contributed by atoms with E-state index in [0.717, 1.165) is 33.3 Å². The summed E-state index contributed by atoms with van der Waals surface area (Å²) in [7, 11) is 3.36. The van der Waals surface area contributed by atoms with Gasteiger partial charge in [-0.25, -0.2) is 0 Å². The summed E-state index contributed by atoms with van der Waals surface area (Å²) in [6.45, 7) is 7.97. The van der Waals surface area contributed by atoms with Gasteiger partial charge in [0.25, 0.3) is 0 Å². The molecule has 2 rings (SSSR count). The average Bonchev–Trinajstić information content (AvgIpc) is 2.67. The number of hydrogen-bond acceptors (Lipinski definition) is 3. The summed E-state index contributed by atoms with van der Waals surface area (Å²) in [5.41, 5.74) is 3.59. The van der Waals surface area contributed by atoms with Crippen molar-refractivity contribution in [1.82, 2.24) is 0 Å². The Morgan fingerprint density at radius 1 is 1.27 bits per heavy atom. The van der Waals surface area contributed by atoms with E-state index in [0.29, 0.717) is 18.0 Å². The van der Waals surface area contributed by atoms with Gasteiger partial charge in [-0.2, -0.15) is 0 Å². The Bertz CT molecular complexity index is 803. The third kappa shape index (κ3) is 3.93. The summed E-state index contributed by atoms with van der Waals surface area (Å²) in [4.78, 5) is 13.8. The standard InChI is InChI=1S/C21H24BrNO3/c1-6-16-18(22)19(23(4)17(24)7-2)21(14(3)20(16)25-5)26-13-15-11-9-8-10-12-15/h7-12H,2,6,13H2,1,3-5H3. The minimum Gasteiger partial charge on any atom is -0.496 e. The van der Waals surface area contributed by atoms with Gasteiger partial charge in [-0.1, -0.05) is 43.8 Å². The summed E-state index contributed by atoms with van der Waals surface area (Å²) in [6, 6.07) is 9.90. The van der Waals surface area contributed by atoms with E-state index in [1.54, 1.807) is 19.1 Å². The number of halogens is 1. The van der Waals surface area contributed by atoms with Crippen molar-refractivity contribution in [2.75, 3.05) is 19.1 Å². The maximum atomic E-state index is 12.3. The van der Waals surface area contributed by atoms with Crippen molar-refractivity contribution in [2.24, 2.45) is 0 Å². The number of ether oxygens (including phenoxy) is 2. The molecule has 0 aromatic heterocycles. The number of rotatable bonds is 7. The first-order valence-corrected chi connectivity index (χ1v) is 9.21. The molecular formula is C21H24BrNO3. The SMILES string of the molecule is C=CC(=O)N(C)c1c(Br)c(CC)c(OC)c(C)c1OCc1ccccc1. The van der Waals surface area contributed by atoms with Crippen LogP contribution >= 0.6 is 15.9 Å².